The summed E-state index contributed by atoms with van der Waals surface area (Å²) in [4.78, 5) is 7.04. The molecule has 3 heteroatoms. The van der Waals surface area contributed by atoms with Gasteiger partial charge in [0.25, 0.3) is 0 Å². The summed E-state index contributed by atoms with van der Waals surface area (Å²) in [5.74, 6) is 0. The third kappa shape index (κ3) is 3.38. The molecule has 5 rings (SSSR count). The first-order chi connectivity index (χ1) is 14.7. The molecule has 5 aromatic rings. The molecule has 0 radical (unpaired) electrons. The van der Waals surface area contributed by atoms with Crippen LogP contribution < -0.4 is 4.90 Å². The monoisotopic (exact) mass is 406 g/mol. The Bertz CT molecular complexity index is 1280. The van der Waals surface area contributed by atoms with Crippen molar-refractivity contribution >= 4 is 27.2 Å². The predicted molar refractivity (Wildman–Crippen MR) is 130 cm³/mol. The van der Waals surface area contributed by atoms with E-state index in [1.54, 1.807) is 11.3 Å². The number of rotatable bonds is 4. The lowest BCUT2D eigenvalue weighted by molar-refractivity contribution is 1.13. The van der Waals surface area contributed by atoms with Gasteiger partial charge in [-0.3, -0.25) is 0 Å². The van der Waals surface area contributed by atoms with Crippen molar-refractivity contribution in [3.8, 4) is 32.8 Å². The topological polar surface area (TPSA) is 16.1 Å². The zero-order chi connectivity index (χ0) is 20.5. The lowest BCUT2D eigenvalue weighted by atomic mass is 9.92. The molecular formula is C27H22N2S. The Morgan fingerprint density at radius 2 is 1.17 bits per heavy atom. The number of hydrogen-bond donors (Lipinski definition) is 0. The Labute approximate surface area is 181 Å². The summed E-state index contributed by atoms with van der Waals surface area (Å²) in [6, 6.07) is 34.3. The van der Waals surface area contributed by atoms with E-state index < -0.39 is 0 Å². The highest BCUT2D eigenvalue weighted by atomic mass is 32.1. The van der Waals surface area contributed by atoms with Crippen LogP contribution in [0.15, 0.2) is 97.1 Å². The summed E-state index contributed by atoms with van der Waals surface area (Å²) in [6.07, 6.45) is 0. The molecule has 0 aliphatic carbocycles. The number of thiazole rings is 1. The SMILES string of the molecule is CN(C)c1ccc(-c2ccccc2-c2ccccc2-c2nc3ccccc3s2)cc1. The zero-order valence-corrected chi connectivity index (χ0v) is 17.9. The van der Waals surface area contributed by atoms with Crippen molar-refractivity contribution < 1.29 is 0 Å². The number of benzene rings is 4. The molecule has 1 aromatic heterocycles. The maximum absolute atomic E-state index is 4.92. The lowest BCUT2D eigenvalue weighted by Crippen LogP contribution is -2.07. The van der Waals surface area contributed by atoms with Gasteiger partial charge in [-0.1, -0.05) is 72.8 Å². The fraction of sp³-hybridized carbons (Fsp3) is 0.0741. The number of anilines is 1. The van der Waals surface area contributed by atoms with Crippen LogP contribution in [0.2, 0.25) is 0 Å². The van der Waals surface area contributed by atoms with Gasteiger partial charge in [-0.05, 0) is 46.5 Å². The van der Waals surface area contributed by atoms with Crippen LogP contribution in [-0.4, -0.2) is 19.1 Å². The molecule has 1 heterocycles. The van der Waals surface area contributed by atoms with Crippen LogP contribution in [0.25, 0.3) is 43.0 Å². The first-order valence-electron chi connectivity index (χ1n) is 10.0. The lowest BCUT2D eigenvalue weighted by Gasteiger charge is -2.15. The summed E-state index contributed by atoms with van der Waals surface area (Å²) in [7, 11) is 4.13. The minimum atomic E-state index is 1.06. The molecule has 146 valence electrons. The van der Waals surface area contributed by atoms with E-state index >= 15 is 0 Å². The van der Waals surface area contributed by atoms with Crippen molar-refractivity contribution in [3.05, 3.63) is 97.1 Å². The third-order valence-corrected chi connectivity index (χ3v) is 6.43. The van der Waals surface area contributed by atoms with Crippen LogP contribution in [0.1, 0.15) is 0 Å². The highest BCUT2D eigenvalue weighted by molar-refractivity contribution is 7.21. The van der Waals surface area contributed by atoms with E-state index in [4.69, 9.17) is 4.98 Å². The summed E-state index contributed by atoms with van der Waals surface area (Å²) < 4.78 is 1.22. The van der Waals surface area contributed by atoms with Gasteiger partial charge < -0.3 is 4.90 Å². The van der Waals surface area contributed by atoms with Gasteiger partial charge in [0.15, 0.2) is 0 Å². The molecule has 0 bridgehead atoms. The number of para-hydroxylation sites is 1. The first-order valence-corrected chi connectivity index (χ1v) is 10.8. The second-order valence-electron chi connectivity index (χ2n) is 7.52. The fourth-order valence-corrected chi connectivity index (χ4v) is 4.81. The Balaban J connectivity index is 1.66. The van der Waals surface area contributed by atoms with Crippen LogP contribution in [0.3, 0.4) is 0 Å². The Kier molecular flexibility index (Phi) is 4.82. The molecule has 0 aliphatic heterocycles. The van der Waals surface area contributed by atoms with Gasteiger partial charge in [-0.2, -0.15) is 0 Å². The van der Waals surface area contributed by atoms with Gasteiger partial charge in [-0.15, -0.1) is 11.3 Å². The second kappa shape index (κ2) is 7.77. The molecule has 30 heavy (non-hydrogen) atoms. The van der Waals surface area contributed by atoms with E-state index in [-0.39, 0.29) is 0 Å². The summed E-state index contributed by atoms with van der Waals surface area (Å²) in [5, 5.41) is 1.06. The van der Waals surface area contributed by atoms with Gasteiger partial charge >= 0.3 is 0 Å². The van der Waals surface area contributed by atoms with Gasteiger partial charge in [0.05, 0.1) is 10.2 Å². The number of fused-ring (bicyclic) bond motifs is 1. The van der Waals surface area contributed by atoms with E-state index in [0.717, 1.165) is 10.5 Å². The molecule has 0 amide bonds. The average molecular weight is 407 g/mol. The van der Waals surface area contributed by atoms with E-state index in [1.807, 2.05) is 6.07 Å². The minimum absolute atomic E-state index is 1.06. The summed E-state index contributed by atoms with van der Waals surface area (Å²) in [5.41, 5.74) is 8.32. The number of nitrogens with zero attached hydrogens (tertiary/aromatic N) is 2. The number of hydrogen-bond acceptors (Lipinski definition) is 3. The summed E-state index contributed by atoms with van der Waals surface area (Å²) in [6.45, 7) is 0. The summed E-state index contributed by atoms with van der Waals surface area (Å²) >= 11 is 1.75. The zero-order valence-electron chi connectivity index (χ0n) is 17.0. The maximum Gasteiger partial charge on any atom is 0.125 e. The first kappa shape index (κ1) is 18.6. The van der Waals surface area contributed by atoms with E-state index in [9.17, 15) is 0 Å². The van der Waals surface area contributed by atoms with Crippen molar-refractivity contribution in [3.63, 3.8) is 0 Å². The van der Waals surface area contributed by atoms with Crippen LogP contribution >= 0.6 is 11.3 Å². The van der Waals surface area contributed by atoms with Crippen molar-refractivity contribution in [2.45, 2.75) is 0 Å². The fourth-order valence-electron chi connectivity index (χ4n) is 3.80. The van der Waals surface area contributed by atoms with E-state index in [2.05, 4.69) is 110 Å². The normalized spacial score (nSPS) is 11.0. The van der Waals surface area contributed by atoms with E-state index in [0.29, 0.717) is 0 Å². The highest BCUT2D eigenvalue weighted by Crippen LogP contribution is 2.40. The Hall–Kier alpha value is -3.43. The maximum atomic E-state index is 4.92. The van der Waals surface area contributed by atoms with Gasteiger partial charge in [0.1, 0.15) is 5.01 Å². The second-order valence-corrected chi connectivity index (χ2v) is 8.55. The molecule has 0 fully saturated rings. The van der Waals surface area contributed by atoms with Gasteiger partial charge in [-0.25, -0.2) is 4.98 Å². The molecule has 0 saturated carbocycles. The smallest absolute Gasteiger partial charge is 0.125 e. The molecule has 2 nitrogen and oxygen atoms in total. The third-order valence-electron chi connectivity index (χ3n) is 5.36. The number of aromatic nitrogens is 1. The van der Waals surface area contributed by atoms with Crippen LogP contribution in [0.5, 0.6) is 0 Å². The molecule has 0 atom stereocenters. The van der Waals surface area contributed by atoms with Crippen LogP contribution in [0, 0.1) is 0 Å². The van der Waals surface area contributed by atoms with Crippen LogP contribution in [0.4, 0.5) is 5.69 Å². The van der Waals surface area contributed by atoms with Crippen molar-refractivity contribution in [2.24, 2.45) is 0 Å². The molecule has 0 saturated heterocycles. The van der Waals surface area contributed by atoms with E-state index in [1.165, 1.54) is 38.2 Å². The predicted octanol–water partition coefficient (Wildman–Crippen LogP) is 7.36. The van der Waals surface area contributed by atoms with Gasteiger partial charge in [0, 0.05) is 25.3 Å². The molecule has 0 N–H and O–H groups in total. The molecular weight excluding hydrogens is 384 g/mol. The molecule has 0 aliphatic rings. The van der Waals surface area contributed by atoms with Crippen LogP contribution in [-0.2, 0) is 0 Å². The van der Waals surface area contributed by atoms with Crippen molar-refractivity contribution in [1.82, 2.24) is 4.98 Å². The minimum Gasteiger partial charge on any atom is -0.378 e. The quantitative estimate of drug-likeness (QED) is 0.310. The molecule has 0 spiro atoms. The highest BCUT2D eigenvalue weighted by Gasteiger charge is 2.14. The standard InChI is InChI=1S/C27H22N2S/c1-29(2)20-17-15-19(16-18-20)21-9-3-4-10-22(21)23-11-5-6-12-24(23)27-28-25-13-7-8-14-26(25)30-27/h3-18H,1-2H3. The molecule has 4 aromatic carbocycles. The Morgan fingerprint density at radius 3 is 1.83 bits per heavy atom. The van der Waals surface area contributed by atoms with Gasteiger partial charge in [0.2, 0.25) is 0 Å². The van der Waals surface area contributed by atoms with Crippen molar-refractivity contribution in [1.29, 1.82) is 0 Å². The Morgan fingerprint density at radius 1 is 0.600 bits per heavy atom. The van der Waals surface area contributed by atoms with Crippen molar-refractivity contribution in [2.75, 3.05) is 19.0 Å². The molecule has 0 unspecified atom stereocenters. The largest absolute Gasteiger partial charge is 0.378 e. The average Bonchev–Trinajstić information content (AvgIpc) is 3.23.